The normalized spacial score (nSPS) is 29.0. The molecular formula is C17H23FN2O3S. The molecule has 1 aliphatic carbocycles. The number of sulfonamides is 1. The molecule has 3 heterocycles. The summed E-state index contributed by atoms with van der Waals surface area (Å²) in [5.41, 5.74) is -0.974. The molecule has 2 saturated heterocycles. The van der Waals surface area contributed by atoms with E-state index in [1.54, 1.807) is 18.3 Å². The van der Waals surface area contributed by atoms with Crippen LogP contribution in [0.4, 0.5) is 4.39 Å². The molecule has 0 aromatic carbocycles. The van der Waals surface area contributed by atoms with Crippen molar-refractivity contribution in [1.29, 1.82) is 0 Å². The molecule has 132 valence electrons. The van der Waals surface area contributed by atoms with E-state index in [1.807, 2.05) is 0 Å². The molecule has 0 bridgehead atoms. The Labute approximate surface area is 142 Å². The molecule has 0 N–H and O–H groups in total. The minimum Gasteiger partial charge on any atom is -0.377 e. The molecule has 2 aliphatic heterocycles. The van der Waals surface area contributed by atoms with Crippen LogP contribution in [0.5, 0.6) is 0 Å². The van der Waals surface area contributed by atoms with Gasteiger partial charge in [-0.25, -0.2) is 12.8 Å². The topological polar surface area (TPSA) is 59.5 Å². The number of ether oxygens (including phenoxy) is 1. The summed E-state index contributed by atoms with van der Waals surface area (Å²) in [4.78, 5) is 3.92. The molecule has 1 atom stereocenters. The zero-order valence-electron chi connectivity index (χ0n) is 13.7. The summed E-state index contributed by atoms with van der Waals surface area (Å²) in [7, 11) is -3.48. The maximum absolute atomic E-state index is 14.8. The molecule has 1 aromatic heterocycles. The predicted octanol–water partition coefficient (Wildman–Crippen LogP) is 2.24. The molecule has 0 radical (unpaired) electrons. The van der Waals surface area contributed by atoms with Crippen LogP contribution in [-0.4, -0.2) is 49.3 Å². The molecule has 4 rings (SSSR count). The monoisotopic (exact) mass is 354 g/mol. The van der Waals surface area contributed by atoms with Gasteiger partial charge < -0.3 is 4.74 Å². The van der Waals surface area contributed by atoms with E-state index in [1.165, 1.54) is 23.3 Å². The van der Waals surface area contributed by atoms with E-state index in [0.717, 1.165) is 19.3 Å². The van der Waals surface area contributed by atoms with Gasteiger partial charge in [0.1, 0.15) is 0 Å². The van der Waals surface area contributed by atoms with Crippen LogP contribution in [0.1, 0.15) is 37.7 Å². The first-order valence-corrected chi connectivity index (χ1v) is 10.2. The van der Waals surface area contributed by atoms with Gasteiger partial charge in [0.05, 0.1) is 31.6 Å². The highest BCUT2D eigenvalue weighted by Crippen LogP contribution is 2.47. The Balaban J connectivity index is 1.37. The summed E-state index contributed by atoms with van der Waals surface area (Å²) < 4.78 is 46.9. The van der Waals surface area contributed by atoms with Crippen LogP contribution in [0, 0.1) is 5.41 Å². The minimum absolute atomic E-state index is 0.0299. The molecule has 1 saturated carbocycles. The third-order valence-corrected chi connectivity index (χ3v) is 7.61. The van der Waals surface area contributed by atoms with E-state index in [0.29, 0.717) is 12.2 Å². The molecule has 5 nitrogen and oxygen atoms in total. The van der Waals surface area contributed by atoms with Crippen molar-refractivity contribution in [1.82, 2.24) is 9.29 Å². The average molecular weight is 354 g/mol. The number of rotatable bonds is 4. The number of halogens is 1. The Kier molecular flexibility index (Phi) is 3.93. The van der Waals surface area contributed by atoms with Gasteiger partial charge >= 0.3 is 0 Å². The molecule has 1 spiro atoms. The quantitative estimate of drug-likeness (QED) is 0.832. The fourth-order valence-electron chi connectivity index (χ4n) is 4.34. The van der Waals surface area contributed by atoms with Gasteiger partial charge in [0.25, 0.3) is 0 Å². The second-order valence-electron chi connectivity index (χ2n) is 7.60. The predicted molar refractivity (Wildman–Crippen MR) is 87.6 cm³/mol. The maximum atomic E-state index is 14.8. The number of alkyl halides is 1. The number of nitrogens with zero attached hydrogens (tertiary/aromatic N) is 2. The van der Waals surface area contributed by atoms with E-state index in [9.17, 15) is 12.8 Å². The zero-order valence-corrected chi connectivity index (χ0v) is 14.5. The third kappa shape index (κ3) is 2.86. The average Bonchev–Trinajstić information content (AvgIpc) is 3.15. The Morgan fingerprint density at radius 1 is 1.33 bits per heavy atom. The molecule has 3 aliphatic rings. The first kappa shape index (κ1) is 16.4. The van der Waals surface area contributed by atoms with Gasteiger partial charge in [-0.2, -0.15) is 4.31 Å². The number of pyridine rings is 1. The van der Waals surface area contributed by atoms with Crippen molar-refractivity contribution in [2.45, 2.75) is 43.9 Å². The first-order valence-electron chi connectivity index (χ1n) is 8.60. The van der Waals surface area contributed by atoms with Gasteiger partial charge in [0.2, 0.25) is 10.0 Å². The third-order valence-electron chi connectivity index (χ3n) is 5.77. The molecular weight excluding hydrogens is 331 g/mol. The van der Waals surface area contributed by atoms with Crippen LogP contribution in [0.25, 0.3) is 0 Å². The van der Waals surface area contributed by atoms with Crippen molar-refractivity contribution in [3.05, 3.63) is 30.1 Å². The van der Waals surface area contributed by atoms with Crippen LogP contribution in [-0.2, 0) is 20.4 Å². The van der Waals surface area contributed by atoms with E-state index in [2.05, 4.69) is 4.98 Å². The van der Waals surface area contributed by atoms with Crippen molar-refractivity contribution in [2.24, 2.45) is 5.41 Å². The maximum Gasteiger partial charge on any atom is 0.216 e. The Hall–Kier alpha value is -1.05. The van der Waals surface area contributed by atoms with E-state index >= 15 is 0 Å². The highest BCUT2D eigenvalue weighted by atomic mass is 32.2. The van der Waals surface area contributed by atoms with Gasteiger partial charge in [-0.3, -0.25) is 4.98 Å². The highest BCUT2D eigenvalue weighted by Gasteiger charge is 2.51. The summed E-state index contributed by atoms with van der Waals surface area (Å²) in [6.07, 6.45) is 8.33. The number of hydrogen-bond acceptors (Lipinski definition) is 4. The van der Waals surface area contributed by atoms with Crippen molar-refractivity contribution in [3.63, 3.8) is 0 Å². The van der Waals surface area contributed by atoms with Gasteiger partial charge in [-0.05, 0) is 30.7 Å². The van der Waals surface area contributed by atoms with E-state index in [4.69, 9.17) is 4.74 Å². The van der Waals surface area contributed by atoms with Crippen molar-refractivity contribution in [3.8, 4) is 0 Å². The summed E-state index contributed by atoms with van der Waals surface area (Å²) in [6.45, 7) is 0.424. The Morgan fingerprint density at radius 2 is 2.08 bits per heavy atom. The van der Waals surface area contributed by atoms with Crippen LogP contribution in [0.15, 0.2) is 24.5 Å². The molecule has 7 heteroatoms. The van der Waals surface area contributed by atoms with Gasteiger partial charge in [0.15, 0.2) is 5.67 Å². The molecule has 1 unspecified atom stereocenters. The van der Waals surface area contributed by atoms with Crippen molar-refractivity contribution in [2.75, 3.05) is 25.4 Å². The SMILES string of the molecule is O=S(=O)(CC1CC2(CCCC2)CO1)N1CC(F)(c2cccnc2)C1. The lowest BCUT2D eigenvalue weighted by molar-refractivity contribution is 0.0165. The molecule has 3 fully saturated rings. The number of aromatic nitrogens is 1. The molecule has 1 aromatic rings. The summed E-state index contributed by atoms with van der Waals surface area (Å²) >= 11 is 0. The van der Waals surface area contributed by atoms with E-state index in [-0.39, 0.29) is 30.4 Å². The van der Waals surface area contributed by atoms with Crippen molar-refractivity contribution < 1.29 is 17.5 Å². The van der Waals surface area contributed by atoms with Crippen LogP contribution >= 0.6 is 0 Å². The van der Waals surface area contributed by atoms with Gasteiger partial charge in [-0.15, -0.1) is 0 Å². The lowest BCUT2D eigenvalue weighted by atomic mass is 9.84. The summed E-state index contributed by atoms with van der Waals surface area (Å²) in [6, 6.07) is 3.32. The van der Waals surface area contributed by atoms with Crippen LogP contribution in [0.3, 0.4) is 0 Å². The van der Waals surface area contributed by atoms with Crippen molar-refractivity contribution >= 4 is 10.0 Å². The van der Waals surface area contributed by atoms with Crippen LogP contribution in [0.2, 0.25) is 0 Å². The molecule has 24 heavy (non-hydrogen) atoms. The minimum atomic E-state index is -3.48. The second kappa shape index (κ2) is 5.75. The summed E-state index contributed by atoms with van der Waals surface area (Å²) in [5.74, 6) is -0.0299. The lowest BCUT2D eigenvalue weighted by Gasteiger charge is -2.43. The Morgan fingerprint density at radius 3 is 2.75 bits per heavy atom. The number of hydrogen-bond donors (Lipinski definition) is 0. The second-order valence-corrected chi connectivity index (χ2v) is 9.61. The Bertz CT molecular complexity index is 698. The van der Waals surface area contributed by atoms with E-state index < -0.39 is 15.7 Å². The highest BCUT2D eigenvalue weighted by molar-refractivity contribution is 7.89. The largest absolute Gasteiger partial charge is 0.377 e. The zero-order chi connectivity index (χ0) is 16.8. The smallest absolute Gasteiger partial charge is 0.216 e. The molecule has 0 amide bonds. The standard InChI is InChI=1S/C17H23FN2O3S/c18-17(14-4-3-7-19-9-14)11-20(12-17)24(21,22)10-15-8-16(13-23-15)5-1-2-6-16/h3-4,7,9,15H,1-2,5-6,8,10-13H2. The van der Waals surface area contributed by atoms with Crippen LogP contribution < -0.4 is 0 Å². The van der Waals surface area contributed by atoms with Gasteiger partial charge in [-0.1, -0.05) is 18.9 Å². The first-order chi connectivity index (χ1) is 11.4. The van der Waals surface area contributed by atoms with Gasteiger partial charge in [0, 0.05) is 18.0 Å². The fourth-order valence-corrected chi connectivity index (χ4v) is 6.03. The lowest BCUT2D eigenvalue weighted by Crippen LogP contribution is -2.59. The fraction of sp³-hybridized carbons (Fsp3) is 0.706. The summed E-state index contributed by atoms with van der Waals surface area (Å²) in [5, 5.41) is 0.